The third-order valence-corrected chi connectivity index (χ3v) is 4.46. The summed E-state index contributed by atoms with van der Waals surface area (Å²) in [5, 5.41) is 19.0. The van der Waals surface area contributed by atoms with Crippen LogP contribution >= 0.6 is 0 Å². The van der Waals surface area contributed by atoms with E-state index in [4.69, 9.17) is 0 Å². The maximum atomic E-state index is 12.8. The molecule has 0 saturated carbocycles. The molecule has 0 unspecified atom stereocenters. The van der Waals surface area contributed by atoms with E-state index in [-0.39, 0.29) is 24.3 Å². The van der Waals surface area contributed by atoms with Crippen LogP contribution in [0.4, 0.5) is 16.2 Å². The lowest BCUT2D eigenvalue weighted by molar-refractivity contribution is -0.309. The molecule has 0 aromatic heterocycles. The minimum Gasteiger partial charge on any atom is -0.548 e. The second-order valence-electron chi connectivity index (χ2n) is 7.37. The molecule has 4 amide bonds. The van der Waals surface area contributed by atoms with Crippen LogP contribution in [0.1, 0.15) is 27.7 Å². The first-order valence-electron chi connectivity index (χ1n) is 9.10. The van der Waals surface area contributed by atoms with Gasteiger partial charge in [-0.1, -0.05) is 39.8 Å². The molecule has 0 saturated heterocycles. The van der Waals surface area contributed by atoms with Gasteiger partial charge in [-0.3, -0.25) is 14.5 Å². The lowest BCUT2D eigenvalue weighted by Gasteiger charge is -2.32. The molecule has 1 heterocycles. The van der Waals surface area contributed by atoms with Crippen molar-refractivity contribution >= 4 is 35.2 Å². The normalized spacial score (nSPS) is 15.5. The third-order valence-electron chi connectivity index (χ3n) is 4.46. The number of para-hydroxylation sites is 2. The maximum Gasteiger partial charge on any atom is 0.323 e. The van der Waals surface area contributed by atoms with Crippen LogP contribution in [0.5, 0.6) is 0 Å². The summed E-state index contributed by atoms with van der Waals surface area (Å²) in [4.78, 5) is 49.8. The highest BCUT2D eigenvalue weighted by atomic mass is 16.4. The van der Waals surface area contributed by atoms with Gasteiger partial charge in [0.15, 0.2) is 0 Å². The zero-order chi connectivity index (χ0) is 21.0. The standard InChI is InChI=1S/C19H26N4O5/c1-10(2)15(17(25)21-16(11(3)4)18(26)27)22-19(28)23-9-14(24)20-12-7-5-6-8-13(12)23/h5-8,10-11,15-16H,9H2,1-4H3,(H,20,24)(H,21,25)(H,22,28)(H,26,27)/p-1/t15-,16-/m0/s1. The van der Waals surface area contributed by atoms with Crippen LogP contribution in [0.3, 0.4) is 0 Å². The van der Waals surface area contributed by atoms with Gasteiger partial charge in [0.05, 0.1) is 23.4 Å². The Morgan fingerprint density at radius 1 is 1.04 bits per heavy atom. The SMILES string of the molecule is CC(C)[C@H](NC(=O)[C@@H](NC(=O)N1CC(=O)Nc2ccccc21)C(C)C)C(=O)[O-]. The smallest absolute Gasteiger partial charge is 0.323 e. The molecule has 0 radical (unpaired) electrons. The number of urea groups is 1. The van der Waals surface area contributed by atoms with E-state index in [1.54, 1.807) is 52.0 Å². The summed E-state index contributed by atoms with van der Waals surface area (Å²) in [5.74, 6) is -3.06. The Labute approximate surface area is 163 Å². The molecule has 3 N–H and O–H groups in total. The molecule has 0 fully saturated rings. The zero-order valence-corrected chi connectivity index (χ0v) is 16.3. The van der Waals surface area contributed by atoms with Crippen molar-refractivity contribution in [2.24, 2.45) is 11.8 Å². The predicted octanol–water partition coefficient (Wildman–Crippen LogP) is 0.0700. The van der Waals surface area contributed by atoms with Crippen molar-refractivity contribution < 1.29 is 24.3 Å². The monoisotopic (exact) mass is 389 g/mol. The van der Waals surface area contributed by atoms with Crippen molar-refractivity contribution in [1.29, 1.82) is 0 Å². The van der Waals surface area contributed by atoms with E-state index in [1.165, 1.54) is 4.90 Å². The molecule has 1 aliphatic heterocycles. The molecular weight excluding hydrogens is 364 g/mol. The number of carboxylic acids is 1. The molecule has 0 bridgehead atoms. The number of aliphatic carboxylic acids is 1. The largest absolute Gasteiger partial charge is 0.548 e. The van der Waals surface area contributed by atoms with Gasteiger partial charge in [-0.05, 0) is 24.0 Å². The number of benzene rings is 1. The van der Waals surface area contributed by atoms with E-state index >= 15 is 0 Å². The summed E-state index contributed by atoms with van der Waals surface area (Å²) in [6.07, 6.45) is 0. The fourth-order valence-corrected chi connectivity index (χ4v) is 2.90. The number of carbonyl (C=O) groups excluding carboxylic acids is 4. The van der Waals surface area contributed by atoms with Gasteiger partial charge < -0.3 is 25.9 Å². The van der Waals surface area contributed by atoms with Gasteiger partial charge >= 0.3 is 6.03 Å². The second-order valence-corrected chi connectivity index (χ2v) is 7.37. The summed E-state index contributed by atoms with van der Waals surface area (Å²) in [7, 11) is 0. The van der Waals surface area contributed by atoms with E-state index in [0.29, 0.717) is 11.4 Å². The Hall–Kier alpha value is -3.10. The molecule has 0 aliphatic carbocycles. The summed E-state index contributed by atoms with van der Waals surface area (Å²) >= 11 is 0. The number of hydrogen-bond donors (Lipinski definition) is 3. The fourth-order valence-electron chi connectivity index (χ4n) is 2.90. The Balaban J connectivity index is 2.18. The summed E-state index contributed by atoms with van der Waals surface area (Å²) in [5.41, 5.74) is 1.01. The molecule has 9 heteroatoms. The summed E-state index contributed by atoms with van der Waals surface area (Å²) in [6.45, 7) is 6.55. The number of nitrogens with zero attached hydrogens (tertiary/aromatic N) is 1. The second kappa shape index (κ2) is 8.73. The highest BCUT2D eigenvalue weighted by Crippen LogP contribution is 2.28. The maximum absolute atomic E-state index is 12.8. The number of nitrogens with one attached hydrogen (secondary N) is 3. The van der Waals surface area contributed by atoms with Crippen LogP contribution < -0.4 is 26.0 Å². The van der Waals surface area contributed by atoms with Crippen LogP contribution in [0, 0.1) is 11.8 Å². The number of amides is 4. The van der Waals surface area contributed by atoms with Gasteiger partial charge in [-0.15, -0.1) is 0 Å². The highest BCUT2D eigenvalue weighted by molar-refractivity contribution is 6.10. The highest BCUT2D eigenvalue weighted by Gasteiger charge is 2.32. The van der Waals surface area contributed by atoms with E-state index < -0.39 is 30.0 Å². The van der Waals surface area contributed by atoms with Gasteiger partial charge in [-0.25, -0.2) is 4.79 Å². The zero-order valence-electron chi connectivity index (χ0n) is 16.3. The average Bonchev–Trinajstić information content (AvgIpc) is 2.62. The number of fused-ring (bicyclic) bond motifs is 1. The van der Waals surface area contributed by atoms with E-state index in [1.807, 2.05) is 0 Å². The predicted molar refractivity (Wildman–Crippen MR) is 101 cm³/mol. The van der Waals surface area contributed by atoms with Crippen molar-refractivity contribution in [3.8, 4) is 0 Å². The quantitative estimate of drug-likeness (QED) is 0.634. The first kappa shape index (κ1) is 21.2. The van der Waals surface area contributed by atoms with E-state index in [0.717, 1.165) is 0 Å². The van der Waals surface area contributed by atoms with Crippen molar-refractivity contribution in [3.05, 3.63) is 24.3 Å². The third kappa shape index (κ3) is 4.79. The summed E-state index contributed by atoms with van der Waals surface area (Å²) < 4.78 is 0. The van der Waals surface area contributed by atoms with Crippen LogP contribution in [-0.4, -0.2) is 42.4 Å². The lowest BCUT2D eigenvalue weighted by atomic mass is 10.0. The van der Waals surface area contributed by atoms with E-state index in [9.17, 15) is 24.3 Å². The minimum absolute atomic E-state index is 0.192. The Kier molecular flexibility index (Phi) is 6.61. The Morgan fingerprint density at radius 3 is 2.21 bits per heavy atom. The molecule has 1 aromatic carbocycles. The van der Waals surface area contributed by atoms with Crippen molar-refractivity contribution in [2.45, 2.75) is 39.8 Å². The van der Waals surface area contributed by atoms with Crippen molar-refractivity contribution in [2.75, 3.05) is 16.8 Å². The number of anilines is 2. The molecule has 152 valence electrons. The molecule has 1 aromatic rings. The molecule has 9 nitrogen and oxygen atoms in total. The molecule has 28 heavy (non-hydrogen) atoms. The number of carboxylic acid groups (broad SMARTS) is 1. The summed E-state index contributed by atoms with van der Waals surface area (Å²) in [6, 6.07) is 4.05. The van der Waals surface area contributed by atoms with Crippen LogP contribution in [0.2, 0.25) is 0 Å². The molecular formula is C19H25N4O5-. The molecule has 0 spiro atoms. The molecule has 1 aliphatic rings. The van der Waals surface area contributed by atoms with Gasteiger partial charge in [0.2, 0.25) is 11.8 Å². The topological polar surface area (TPSA) is 131 Å². The van der Waals surface area contributed by atoms with Crippen LogP contribution in [0.25, 0.3) is 0 Å². The number of rotatable bonds is 6. The molecule has 2 rings (SSSR count). The number of carbonyl (C=O) groups is 4. The Morgan fingerprint density at radius 2 is 1.64 bits per heavy atom. The lowest BCUT2D eigenvalue weighted by Crippen LogP contribution is -2.59. The van der Waals surface area contributed by atoms with Gasteiger partial charge in [0, 0.05) is 0 Å². The van der Waals surface area contributed by atoms with Gasteiger partial charge in [-0.2, -0.15) is 0 Å². The molecule has 2 atom stereocenters. The number of hydrogen-bond acceptors (Lipinski definition) is 5. The fraction of sp³-hybridized carbons (Fsp3) is 0.474. The first-order chi connectivity index (χ1) is 13.1. The van der Waals surface area contributed by atoms with Crippen molar-refractivity contribution in [3.63, 3.8) is 0 Å². The van der Waals surface area contributed by atoms with E-state index in [2.05, 4.69) is 16.0 Å². The van der Waals surface area contributed by atoms with Crippen LogP contribution in [-0.2, 0) is 14.4 Å². The Bertz CT molecular complexity index is 777. The van der Waals surface area contributed by atoms with Gasteiger partial charge in [0.1, 0.15) is 12.6 Å². The average molecular weight is 389 g/mol. The van der Waals surface area contributed by atoms with Gasteiger partial charge in [0.25, 0.3) is 0 Å². The first-order valence-corrected chi connectivity index (χ1v) is 9.10. The minimum atomic E-state index is -1.39. The van der Waals surface area contributed by atoms with Crippen LogP contribution in [0.15, 0.2) is 24.3 Å². The van der Waals surface area contributed by atoms with Crippen molar-refractivity contribution in [1.82, 2.24) is 10.6 Å².